The number of rotatable bonds is 7. The lowest BCUT2D eigenvalue weighted by atomic mass is 9.99. The Morgan fingerprint density at radius 1 is 1.05 bits per heavy atom. The molecule has 0 amide bonds. The molecule has 102 valence electrons. The molecule has 0 spiro atoms. The number of ether oxygens (including phenoxy) is 1. The van der Waals surface area contributed by atoms with Crippen molar-refractivity contribution in [1.82, 2.24) is 5.32 Å². The second-order valence-electron chi connectivity index (χ2n) is 4.75. The summed E-state index contributed by atoms with van der Waals surface area (Å²) in [5.41, 5.74) is 1.33. The maximum atomic E-state index is 5.74. The summed E-state index contributed by atoms with van der Waals surface area (Å²) in [5.74, 6) is 0. The van der Waals surface area contributed by atoms with E-state index in [0.29, 0.717) is 0 Å². The third-order valence-electron chi connectivity index (χ3n) is 3.28. The van der Waals surface area contributed by atoms with Crippen LogP contribution in [0.4, 0.5) is 0 Å². The molecule has 1 atom stereocenters. The van der Waals surface area contributed by atoms with E-state index in [1.165, 1.54) is 16.3 Å². The minimum absolute atomic E-state index is 0.266. The predicted octanol–water partition coefficient (Wildman–Crippen LogP) is 3.92. The van der Waals surface area contributed by atoms with Crippen LogP contribution in [0.5, 0.6) is 0 Å². The molecule has 0 aliphatic heterocycles. The molecule has 2 rings (SSSR count). The fourth-order valence-corrected chi connectivity index (χ4v) is 2.40. The highest BCUT2D eigenvalue weighted by atomic mass is 16.5. The van der Waals surface area contributed by atoms with Gasteiger partial charge in [-0.2, -0.15) is 0 Å². The van der Waals surface area contributed by atoms with Gasteiger partial charge in [-0.1, -0.05) is 56.3 Å². The minimum Gasteiger partial charge on any atom is -0.379 e. The van der Waals surface area contributed by atoms with Gasteiger partial charge in [-0.05, 0) is 29.3 Å². The zero-order chi connectivity index (χ0) is 13.5. The standard InChI is InChI=1S/C17H23NO/c1-3-12-19-13-17(18-4-2)16-11-7-9-14-8-5-6-10-15(14)16/h5-11,17-18H,3-4,12-13H2,1-2H3. The van der Waals surface area contributed by atoms with E-state index < -0.39 is 0 Å². The van der Waals surface area contributed by atoms with Crippen molar-refractivity contribution in [2.75, 3.05) is 19.8 Å². The Morgan fingerprint density at radius 3 is 2.63 bits per heavy atom. The van der Waals surface area contributed by atoms with Crippen molar-refractivity contribution in [3.63, 3.8) is 0 Å². The van der Waals surface area contributed by atoms with E-state index in [4.69, 9.17) is 4.74 Å². The van der Waals surface area contributed by atoms with Crippen LogP contribution in [0.15, 0.2) is 42.5 Å². The van der Waals surface area contributed by atoms with E-state index in [9.17, 15) is 0 Å². The summed E-state index contributed by atoms with van der Waals surface area (Å²) in [6.45, 7) is 6.78. The van der Waals surface area contributed by atoms with Crippen LogP contribution in [0.3, 0.4) is 0 Å². The summed E-state index contributed by atoms with van der Waals surface area (Å²) >= 11 is 0. The Balaban J connectivity index is 2.27. The molecule has 0 radical (unpaired) electrons. The zero-order valence-corrected chi connectivity index (χ0v) is 11.9. The van der Waals surface area contributed by atoms with Gasteiger partial charge < -0.3 is 10.1 Å². The number of nitrogens with one attached hydrogen (secondary N) is 1. The molecule has 0 saturated heterocycles. The molecule has 0 aliphatic rings. The Bertz CT molecular complexity index is 504. The van der Waals surface area contributed by atoms with Crippen LogP contribution in [-0.4, -0.2) is 19.8 Å². The Hall–Kier alpha value is -1.38. The first-order valence-corrected chi connectivity index (χ1v) is 7.15. The SMILES string of the molecule is CCCOCC(NCC)c1cccc2ccccc12. The highest BCUT2D eigenvalue weighted by molar-refractivity contribution is 5.86. The highest BCUT2D eigenvalue weighted by Crippen LogP contribution is 2.24. The fourth-order valence-electron chi connectivity index (χ4n) is 2.40. The number of hydrogen-bond donors (Lipinski definition) is 1. The maximum Gasteiger partial charge on any atom is 0.0661 e. The molecule has 2 aromatic rings. The summed E-state index contributed by atoms with van der Waals surface area (Å²) in [7, 11) is 0. The first-order valence-electron chi connectivity index (χ1n) is 7.15. The van der Waals surface area contributed by atoms with Crippen molar-refractivity contribution in [3.8, 4) is 0 Å². The Morgan fingerprint density at radius 2 is 1.84 bits per heavy atom. The quantitative estimate of drug-likeness (QED) is 0.759. The summed E-state index contributed by atoms with van der Waals surface area (Å²) < 4.78 is 5.74. The molecular weight excluding hydrogens is 234 g/mol. The molecule has 0 fully saturated rings. The van der Waals surface area contributed by atoms with Crippen molar-refractivity contribution in [2.24, 2.45) is 0 Å². The molecule has 0 heterocycles. The van der Waals surface area contributed by atoms with E-state index in [-0.39, 0.29) is 6.04 Å². The first kappa shape index (κ1) is 14.0. The number of fused-ring (bicyclic) bond motifs is 1. The van der Waals surface area contributed by atoms with E-state index in [1.54, 1.807) is 0 Å². The largest absolute Gasteiger partial charge is 0.379 e. The van der Waals surface area contributed by atoms with Gasteiger partial charge in [-0.3, -0.25) is 0 Å². The molecular formula is C17H23NO. The van der Waals surface area contributed by atoms with Gasteiger partial charge in [0, 0.05) is 6.61 Å². The van der Waals surface area contributed by atoms with Crippen molar-refractivity contribution < 1.29 is 4.74 Å². The topological polar surface area (TPSA) is 21.3 Å². The monoisotopic (exact) mass is 257 g/mol. The molecule has 2 aromatic carbocycles. The lowest BCUT2D eigenvalue weighted by Gasteiger charge is -2.20. The maximum absolute atomic E-state index is 5.74. The van der Waals surface area contributed by atoms with Gasteiger partial charge in [0.1, 0.15) is 0 Å². The van der Waals surface area contributed by atoms with Gasteiger partial charge in [0.15, 0.2) is 0 Å². The second-order valence-corrected chi connectivity index (χ2v) is 4.75. The average Bonchev–Trinajstić information content (AvgIpc) is 2.46. The molecule has 0 bridgehead atoms. The summed E-state index contributed by atoms with van der Waals surface area (Å²) in [6, 6.07) is 15.3. The predicted molar refractivity (Wildman–Crippen MR) is 81.5 cm³/mol. The summed E-state index contributed by atoms with van der Waals surface area (Å²) in [6.07, 6.45) is 1.06. The normalized spacial score (nSPS) is 12.7. The molecule has 2 nitrogen and oxygen atoms in total. The highest BCUT2D eigenvalue weighted by Gasteiger charge is 2.13. The van der Waals surface area contributed by atoms with Gasteiger partial charge in [-0.25, -0.2) is 0 Å². The molecule has 19 heavy (non-hydrogen) atoms. The molecule has 2 heteroatoms. The molecule has 0 aliphatic carbocycles. The van der Waals surface area contributed by atoms with Crippen LogP contribution >= 0.6 is 0 Å². The van der Waals surface area contributed by atoms with E-state index in [2.05, 4.69) is 61.6 Å². The van der Waals surface area contributed by atoms with Gasteiger partial charge in [0.2, 0.25) is 0 Å². The summed E-state index contributed by atoms with van der Waals surface area (Å²) in [5, 5.41) is 6.13. The summed E-state index contributed by atoms with van der Waals surface area (Å²) in [4.78, 5) is 0. The third kappa shape index (κ3) is 3.55. The Labute approximate surface area is 115 Å². The van der Waals surface area contributed by atoms with Crippen LogP contribution in [0, 0.1) is 0 Å². The van der Waals surface area contributed by atoms with Gasteiger partial charge >= 0.3 is 0 Å². The van der Waals surface area contributed by atoms with E-state index in [0.717, 1.165) is 26.2 Å². The molecule has 0 saturated carbocycles. The Kier molecular flexibility index (Phi) is 5.37. The third-order valence-corrected chi connectivity index (χ3v) is 3.28. The van der Waals surface area contributed by atoms with Gasteiger partial charge in [0.05, 0.1) is 12.6 Å². The zero-order valence-electron chi connectivity index (χ0n) is 11.9. The van der Waals surface area contributed by atoms with Crippen molar-refractivity contribution in [1.29, 1.82) is 0 Å². The lowest BCUT2D eigenvalue weighted by molar-refractivity contribution is 0.113. The van der Waals surface area contributed by atoms with Crippen LogP contribution < -0.4 is 5.32 Å². The smallest absolute Gasteiger partial charge is 0.0661 e. The van der Waals surface area contributed by atoms with Crippen LogP contribution in [0.1, 0.15) is 31.9 Å². The van der Waals surface area contributed by atoms with Crippen molar-refractivity contribution in [2.45, 2.75) is 26.3 Å². The fraction of sp³-hybridized carbons (Fsp3) is 0.412. The molecule has 0 aromatic heterocycles. The number of benzene rings is 2. The van der Waals surface area contributed by atoms with Gasteiger partial charge in [-0.15, -0.1) is 0 Å². The first-order chi connectivity index (χ1) is 9.36. The second kappa shape index (κ2) is 7.27. The molecule has 1 unspecified atom stereocenters. The van der Waals surface area contributed by atoms with Crippen molar-refractivity contribution in [3.05, 3.63) is 48.0 Å². The van der Waals surface area contributed by atoms with Crippen LogP contribution in [0.2, 0.25) is 0 Å². The van der Waals surface area contributed by atoms with Crippen molar-refractivity contribution >= 4 is 10.8 Å². The van der Waals surface area contributed by atoms with Gasteiger partial charge in [0.25, 0.3) is 0 Å². The lowest BCUT2D eigenvalue weighted by Crippen LogP contribution is -2.25. The molecule has 1 N–H and O–H groups in total. The number of likely N-dealkylation sites (N-methyl/N-ethyl adjacent to an activating group) is 1. The van der Waals surface area contributed by atoms with Crippen LogP contribution in [-0.2, 0) is 4.74 Å². The number of hydrogen-bond acceptors (Lipinski definition) is 2. The van der Waals surface area contributed by atoms with E-state index >= 15 is 0 Å². The average molecular weight is 257 g/mol. The minimum atomic E-state index is 0.266. The van der Waals surface area contributed by atoms with E-state index in [1.807, 2.05) is 0 Å². The van der Waals surface area contributed by atoms with Crippen LogP contribution in [0.25, 0.3) is 10.8 Å².